The maximum absolute atomic E-state index is 12.6. The molecule has 0 aliphatic carbocycles. The van der Waals surface area contributed by atoms with Gasteiger partial charge in [-0.1, -0.05) is 36.4 Å². The number of rotatable bonds is 5. The summed E-state index contributed by atoms with van der Waals surface area (Å²) in [5.74, 6) is -0.239. The van der Waals surface area contributed by atoms with Gasteiger partial charge in [0.25, 0.3) is 0 Å². The van der Waals surface area contributed by atoms with Gasteiger partial charge in [0.15, 0.2) is 0 Å². The highest BCUT2D eigenvalue weighted by Gasteiger charge is 2.24. The van der Waals surface area contributed by atoms with E-state index in [1.165, 1.54) is 5.56 Å². The number of aromatic amines is 1. The van der Waals surface area contributed by atoms with E-state index in [1.54, 1.807) is 11.8 Å². The molecule has 2 aromatic carbocycles. The van der Waals surface area contributed by atoms with E-state index in [4.69, 9.17) is 0 Å². The highest BCUT2D eigenvalue weighted by atomic mass is 16.2. The molecule has 0 saturated carbocycles. The molecule has 7 heteroatoms. The summed E-state index contributed by atoms with van der Waals surface area (Å²) < 4.78 is 0. The van der Waals surface area contributed by atoms with Crippen molar-refractivity contribution >= 4 is 28.5 Å². The minimum absolute atomic E-state index is 0.197. The smallest absolute Gasteiger partial charge is 0.318 e. The monoisotopic (exact) mass is 405 g/mol. The highest BCUT2D eigenvalue weighted by Crippen LogP contribution is 2.17. The molecule has 1 atom stereocenters. The first-order valence-electron chi connectivity index (χ1n) is 10.3. The normalized spacial score (nSPS) is 15.7. The Morgan fingerprint density at radius 1 is 1.03 bits per heavy atom. The zero-order chi connectivity index (χ0) is 20.9. The van der Waals surface area contributed by atoms with Crippen LogP contribution >= 0.6 is 0 Å². The third-order valence-electron chi connectivity index (χ3n) is 5.46. The number of nitrogens with one attached hydrogen (secondary N) is 3. The Morgan fingerprint density at radius 3 is 2.57 bits per heavy atom. The van der Waals surface area contributed by atoms with Crippen LogP contribution in [0.5, 0.6) is 0 Å². The quantitative estimate of drug-likeness (QED) is 0.610. The predicted molar refractivity (Wildman–Crippen MR) is 118 cm³/mol. The SMILES string of the molecule is C[C@H](NC(=O)N1CCN(Cc2ccccc2)CC1)C(=O)Nc1ccc2cc[nH]c2c1. The van der Waals surface area contributed by atoms with Crippen molar-refractivity contribution < 1.29 is 9.59 Å². The van der Waals surface area contributed by atoms with Crippen LogP contribution in [0.4, 0.5) is 10.5 Å². The van der Waals surface area contributed by atoms with Gasteiger partial charge in [-0.3, -0.25) is 9.69 Å². The lowest BCUT2D eigenvalue weighted by Crippen LogP contribution is -2.54. The lowest BCUT2D eigenvalue weighted by atomic mass is 10.2. The predicted octanol–water partition coefficient (Wildman–Crippen LogP) is 3.02. The summed E-state index contributed by atoms with van der Waals surface area (Å²) in [5, 5.41) is 6.76. The summed E-state index contributed by atoms with van der Waals surface area (Å²) in [4.78, 5) is 32.3. The van der Waals surface area contributed by atoms with Crippen molar-refractivity contribution in [1.82, 2.24) is 20.1 Å². The van der Waals surface area contributed by atoms with Crippen LogP contribution in [0, 0.1) is 0 Å². The van der Waals surface area contributed by atoms with E-state index in [0.717, 1.165) is 30.5 Å². The number of hydrogen-bond donors (Lipinski definition) is 3. The minimum atomic E-state index is -0.626. The van der Waals surface area contributed by atoms with Crippen LogP contribution in [0.15, 0.2) is 60.8 Å². The van der Waals surface area contributed by atoms with Gasteiger partial charge in [0, 0.05) is 50.1 Å². The number of anilines is 1. The summed E-state index contributed by atoms with van der Waals surface area (Å²) in [7, 11) is 0. The summed E-state index contributed by atoms with van der Waals surface area (Å²) in [6.45, 7) is 5.53. The number of piperazine rings is 1. The van der Waals surface area contributed by atoms with Gasteiger partial charge in [-0.05, 0) is 36.1 Å². The Labute approximate surface area is 176 Å². The molecule has 7 nitrogen and oxygen atoms in total. The second kappa shape index (κ2) is 9.00. The van der Waals surface area contributed by atoms with Gasteiger partial charge in [-0.15, -0.1) is 0 Å². The number of benzene rings is 2. The number of carbonyl (C=O) groups is 2. The van der Waals surface area contributed by atoms with E-state index in [-0.39, 0.29) is 11.9 Å². The van der Waals surface area contributed by atoms with Gasteiger partial charge in [0.05, 0.1) is 0 Å². The van der Waals surface area contributed by atoms with E-state index < -0.39 is 6.04 Å². The van der Waals surface area contributed by atoms with Gasteiger partial charge in [0.2, 0.25) is 5.91 Å². The molecule has 1 aliphatic rings. The molecule has 0 spiro atoms. The molecule has 1 aliphatic heterocycles. The summed E-state index contributed by atoms with van der Waals surface area (Å²) in [5.41, 5.74) is 2.93. The van der Waals surface area contributed by atoms with E-state index in [2.05, 4.69) is 32.7 Å². The van der Waals surface area contributed by atoms with E-state index in [9.17, 15) is 9.59 Å². The largest absolute Gasteiger partial charge is 0.361 e. The number of aromatic nitrogens is 1. The molecule has 2 heterocycles. The number of urea groups is 1. The molecule has 1 fully saturated rings. The lowest BCUT2D eigenvalue weighted by molar-refractivity contribution is -0.117. The number of H-pyrrole nitrogens is 1. The molecular formula is C23H27N5O2. The second-order valence-electron chi connectivity index (χ2n) is 7.69. The van der Waals surface area contributed by atoms with Crippen LogP contribution in [0.3, 0.4) is 0 Å². The molecule has 156 valence electrons. The first-order chi connectivity index (χ1) is 14.6. The highest BCUT2D eigenvalue weighted by molar-refractivity contribution is 5.98. The average molecular weight is 406 g/mol. The molecule has 30 heavy (non-hydrogen) atoms. The van der Waals surface area contributed by atoms with Crippen LogP contribution in [0.1, 0.15) is 12.5 Å². The van der Waals surface area contributed by atoms with Crippen LogP contribution in [-0.2, 0) is 11.3 Å². The maximum atomic E-state index is 12.6. The zero-order valence-corrected chi connectivity index (χ0v) is 17.1. The van der Waals surface area contributed by atoms with Crippen LogP contribution in [0.2, 0.25) is 0 Å². The molecule has 3 N–H and O–H groups in total. The molecule has 4 rings (SSSR count). The number of hydrogen-bond acceptors (Lipinski definition) is 3. The fourth-order valence-electron chi connectivity index (χ4n) is 3.67. The van der Waals surface area contributed by atoms with Crippen molar-refractivity contribution in [3.63, 3.8) is 0 Å². The maximum Gasteiger partial charge on any atom is 0.318 e. The Kier molecular flexibility index (Phi) is 5.99. The average Bonchev–Trinajstić information content (AvgIpc) is 3.23. The number of nitrogens with zero attached hydrogens (tertiary/aromatic N) is 2. The van der Waals surface area contributed by atoms with Gasteiger partial charge in [-0.2, -0.15) is 0 Å². The third kappa shape index (κ3) is 4.80. The van der Waals surface area contributed by atoms with Gasteiger partial charge >= 0.3 is 6.03 Å². The van der Waals surface area contributed by atoms with Crippen molar-refractivity contribution in [1.29, 1.82) is 0 Å². The van der Waals surface area contributed by atoms with E-state index in [1.807, 2.05) is 48.7 Å². The molecular weight excluding hydrogens is 378 g/mol. The minimum Gasteiger partial charge on any atom is -0.361 e. The summed E-state index contributed by atoms with van der Waals surface area (Å²) >= 11 is 0. The fourth-order valence-corrected chi connectivity index (χ4v) is 3.67. The molecule has 3 aromatic rings. The van der Waals surface area contributed by atoms with E-state index >= 15 is 0 Å². The Bertz CT molecular complexity index is 1010. The van der Waals surface area contributed by atoms with Crippen LogP contribution in [-0.4, -0.2) is 58.9 Å². The lowest BCUT2D eigenvalue weighted by Gasteiger charge is -2.35. The Morgan fingerprint density at radius 2 is 1.80 bits per heavy atom. The first-order valence-corrected chi connectivity index (χ1v) is 10.3. The summed E-state index contributed by atoms with van der Waals surface area (Å²) in [6.07, 6.45) is 1.86. The standard InChI is InChI=1S/C23H27N5O2/c1-17(22(29)26-20-8-7-19-9-10-24-21(19)15-20)25-23(30)28-13-11-27(12-14-28)16-18-5-3-2-4-6-18/h2-10,15,17,24H,11-14,16H2,1H3,(H,25,30)(H,26,29)/t17-/m0/s1. The fraction of sp³-hybridized carbons (Fsp3) is 0.304. The number of amides is 3. The van der Waals surface area contributed by atoms with Gasteiger partial charge in [-0.25, -0.2) is 4.79 Å². The van der Waals surface area contributed by atoms with Gasteiger partial charge < -0.3 is 20.5 Å². The molecule has 0 radical (unpaired) electrons. The first kappa shape index (κ1) is 20.0. The zero-order valence-electron chi connectivity index (χ0n) is 17.1. The molecule has 0 bridgehead atoms. The van der Waals surface area contributed by atoms with Crippen molar-refractivity contribution in [3.05, 3.63) is 66.4 Å². The molecule has 1 saturated heterocycles. The Balaban J connectivity index is 1.24. The van der Waals surface area contributed by atoms with Crippen molar-refractivity contribution in [2.45, 2.75) is 19.5 Å². The van der Waals surface area contributed by atoms with Crippen molar-refractivity contribution in [2.75, 3.05) is 31.5 Å². The number of fused-ring (bicyclic) bond motifs is 1. The van der Waals surface area contributed by atoms with Crippen LogP contribution in [0.25, 0.3) is 10.9 Å². The molecule has 3 amide bonds. The van der Waals surface area contributed by atoms with E-state index in [0.29, 0.717) is 18.8 Å². The van der Waals surface area contributed by atoms with Gasteiger partial charge in [0.1, 0.15) is 6.04 Å². The molecule has 1 aromatic heterocycles. The van der Waals surface area contributed by atoms with Crippen molar-refractivity contribution in [3.8, 4) is 0 Å². The van der Waals surface area contributed by atoms with Crippen LogP contribution < -0.4 is 10.6 Å². The molecule has 0 unspecified atom stereocenters. The second-order valence-corrected chi connectivity index (χ2v) is 7.69. The third-order valence-corrected chi connectivity index (χ3v) is 5.46. The number of carbonyl (C=O) groups excluding carboxylic acids is 2. The Hall–Kier alpha value is -3.32. The topological polar surface area (TPSA) is 80.5 Å². The van der Waals surface area contributed by atoms with Crippen molar-refractivity contribution in [2.24, 2.45) is 0 Å². The summed E-state index contributed by atoms with van der Waals surface area (Å²) in [6, 6.07) is 17.2.